The summed E-state index contributed by atoms with van der Waals surface area (Å²) in [6.45, 7) is 0. The third kappa shape index (κ3) is 4.35. The summed E-state index contributed by atoms with van der Waals surface area (Å²) in [5.41, 5.74) is 2.90. The third-order valence-electron chi connectivity index (χ3n) is 4.74. The van der Waals surface area contributed by atoms with Gasteiger partial charge in [-0.2, -0.15) is 18.3 Å². The third-order valence-corrected chi connectivity index (χ3v) is 5.88. The predicted octanol–water partition coefficient (Wildman–Crippen LogP) is 5.41. The second-order valence-corrected chi connectivity index (χ2v) is 7.89. The highest BCUT2D eigenvalue weighted by Crippen LogP contribution is 2.33. The Labute approximate surface area is 174 Å². The number of carbonyl (C=O) groups excluding carboxylic acids is 1. The Morgan fingerprint density at radius 3 is 2.57 bits per heavy atom. The van der Waals surface area contributed by atoms with Gasteiger partial charge in [-0.3, -0.25) is 4.79 Å². The molecular formula is C21H17F4N3OS. The molecule has 4 rings (SSSR count). The van der Waals surface area contributed by atoms with Crippen LogP contribution in [0.25, 0.3) is 5.69 Å². The first kappa shape index (κ1) is 20.5. The average molecular weight is 435 g/mol. The molecular weight excluding hydrogens is 418 g/mol. The second-order valence-electron chi connectivity index (χ2n) is 6.87. The number of thioether (sulfide) groups is 1. The van der Waals surface area contributed by atoms with Crippen molar-refractivity contribution in [1.82, 2.24) is 9.78 Å². The van der Waals surface area contributed by atoms with E-state index in [1.54, 1.807) is 35.0 Å². The minimum absolute atomic E-state index is 0.238. The molecule has 1 amide bonds. The SMILES string of the molecule is O=C(Nc1ccccc1SCC(F)(F)F)c1nn(-c2ccc(F)cc2)c2c1CCC2. The van der Waals surface area contributed by atoms with E-state index in [1.807, 2.05) is 0 Å². The first-order valence-corrected chi connectivity index (χ1v) is 10.3. The Morgan fingerprint density at radius 1 is 1.10 bits per heavy atom. The van der Waals surface area contributed by atoms with Crippen LogP contribution in [0.3, 0.4) is 0 Å². The zero-order chi connectivity index (χ0) is 21.3. The maximum absolute atomic E-state index is 13.3. The summed E-state index contributed by atoms with van der Waals surface area (Å²) in [5.74, 6) is -1.89. The number of amides is 1. The van der Waals surface area contributed by atoms with E-state index in [2.05, 4.69) is 10.4 Å². The lowest BCUT2D eigenvalue weighted by Crippen LogP contribution is -2.16. The molecule has 156 valence electrons. The Bertz CT molecular complexity index is 1080. The zero-order valence-electron chi connectivity index (χ0n) is 15.7. The Balaban J connectivity index is 1.61. The molecule has 30 heavy (non-hydrogen) atoms. The number of alkyl halides is 3. The summed E-state index contributed by atoms with van der Waals surface area (Å²) >= 11 is 0.619. The van der Waals surface area contributed by atoms with Crippen molar-refractivity contribution in [1.29, 1.82) is 0 Å². The fourth-order valence-corrected chi connectivity index (χ4v) is 4.22. The van der Waals surface area contributed by atoms with Gasteiger partial charge in [0.2, 0.25) is 0 Å². The minimum atomic E-state index is -4.31. The Morgan fingerprint density at radius 2 is 1.83 bits per heavy atom. The molecule has 0 fully saturated rings. The molecule has 0 bridgehead atoms. The van der Waals surface area contributed by atoms with E-state index in [0.29, 0.717) is 34.5 Å². The first-order chi connectivity index (χ1) is 14.3. The van der Waals surface area contributed by atoms with Gasteiger partial charge in [0.05, 0.1) is 17.1 Å². The standard InChI is InChI=1S/C21H17F4N3OS/c22-13-8-10-14(11-9-13)28-17-6-3-4-15(17)19(27-28)20(29)26-16-5-1-2-7-18(16)30-12-21(23,24)25/h1-2,5,7-11H,3-4,6,12H2,(H,26,29). The van der Waals surface area contributed by atoms with E-state index in [0.717, 1.165) is 24.1 Å². The molecule has 1 aliphatic carbocycles. The Hall–Kier alpha value is -2.81. The lowest BCUT2D eigenvalue weighted by Gasteiger charge is -2.11. The van der Waals surface area contributed by atoms with Gasteiger partial charge in [0.25, 0.3) is 5.91 Å². The van der Waals surface area contributed by atoms with E-state index < -0.39 is 17.8 Å². The highest BCUT2D eigenvalue weighted by molar-refractivity contribution is 7.99. The molecule has 0 saturated carbocycles. The van der Waals surface area contributed by atoms with E-state index in [-0.39, 0.29) is 11.5 Å². The number of nitrogens with zero attached hydrogens (tertiary/aromatic N) is 2. The lowest BCUT2D eigenvalue weighted by molar-refractivity contribution is -0.105. The number of fused-ring (bicyclic) bond motifs is 1. The maximum atomic E-state index is 13.3. The van der Waals surface area contributed by atoms with Crippen LogP contribution < -0.4 is 5.32 Å². The van der Waals surface area contributed by atoms with Crippen LogP contribution in [-0.4, -0.2) is 27.6 Å². The fourth-order valence-electron chi connectivity index (χ4n) is 3.45. The molecule has 9 heteroatoms. The second kappa shape index (κ2) is 8.14. The van der Waals surface area contributed by atoms with Crippen LogP contribution in [-0.2, 0) is 12.8 Å². The summed E-state index contributed by atoms with van der Waals surface area (Å²) in [6.07, 6.45) is -2.02. The summed E-state index contributed by atoms with van der Waals surface area (Å²) in [6, 6.07) is 12.2. The number of aromatic nitrogens is 2. The van der Waals surface area contributed by atoms with Crippen molar-refractivity contribution in [2.45, 2.75) is 30.3 Å². The van der Waals surface area contributed by atoms with Crippen molar-refractivity contribution in [2.24, 2.45) is 0 Å². The summed E-state index contributed by atoms with van der Waals surface area (Å²) in [4.78, 5) is 13.3. The molecule has 0 saturated heterocycles. The van der Waals surface area contributed by atoms with E-state index in [4.69, 9.17) is 0 Å². The van der Waals surface area contributed by atoms with Gasteiger partial charge in [-0.15, -0.1) is 11.8 Å². The summed E-state index contributed by atoms with van der Waals surface area (Å²) in [5, 5.41) is 7.14. The number of para-hydroxylation sites is 1. The smallest absolute Gasteiger partial charge is 0.320 e. The van der Waals surface area contributed by atoms with Gasteiger partial charge < -0.3 is 5.32 Å². The molecule has 3 aromatic rings. The fraction of sp³-hybridized carbons (Fsp3) is 0.238. The van der Waals surface area contributed by atoms with Gasteiger partial charge >= 0.3 is 6.18 Å². The van der Waals surface area contributed by atoms with Crippen molar-refractivity contribution in [3.63, 3.8) is 0 Å². The van der Waals surface area contributed by atoms with Crippen molar-refractivity contribution in [2.75, 3.05) is 11.1 Å². The number of anilines is 1. The number of rotatable bonds is 5. The predicted molar refractivity (Wildman–Crippen MR) is 107 cm³/mol. The molecule has 0 unspecified atom stereocenters. The molecule has 1 N–H and O–H groups in total. The quantitative estimate of drug-likeness (QED) is 0.431. The molecule has 4 nitrogen and oxygen atoms in total. The number of halogens is 4. The normalized spacial score (nSPS) is 13.3. The van der Waals surface area contributed by atoms with Gasteiger partial charge in [-0.05, 0) is 55.7 Å². The van der Waals surface area contributed by atoms with Crippen LogP contribution in [0.5, 0.6) is 0 Å². The van der Waals surface area contributed by atoms with Gasteiger partial charge in [-0.1, -0.05) is 12.1 Å². The van der Waals surface area contributed by atoms with Crippen molar-refractivity contribution in [3.05, 3.63) is 71.3 Å². The van der Waals surface area contributed by atoms with E-state index in [9.17, 15) is 22.4 Å². The maximum Gasteiger partial charge on any atom is 0.398 e. The van der Waals surface area contributed by atoms with Gasteiger partial charge in [0.1, 0.15) is 5.82 Å². The van der Waals surface area contributed by atoms with Crippen LogP contribution in [0, 0.1) is 5.82 Å². The first-order valence-electron chi connectivity index (χ1n) is 9.28. The van der Waals surface area contributed by atoms with Gasteiger partial charge in [0.15, 0.2) is 5.69 Å². The molecule has 1 aromatic heterocycles. The highest BCUT2D eigenvalue weighted by atomic mass is 32.2. The van der Waals surface area contributed by atoms with Crippen LogP contribution >= 0.6 is 11.8 Å². The number of nitrogens with one attached hydrogen (secondary N) is 1. The lowest BCUT2D eigenvalue weighted by atomic mass is 10.2. The molecule has 2 aromatic carbocycles. The van der Waals surface area contributed by atoms with Crippen molar-refractivity contribution in [3.8, 4) is 5.69 Å². The molecule has 0 radical (unpaired) electrons. The number of hydrogen-bond donors (Lipinski definition) is 1. The van der Waals surface area contributed by atoms with Gasteiger partial charge in [-0.25, -0.2) is 9.07 Å². The average Bonchev–Trinajstić information content (AvgIpc) is 3.30. The number of hydrogen-bond acceptors (Lipinski definition) is 3. The number of benzene rings is 2. The van der Waals surface area contributed by atoms with Crippen molar-refractivity contribution >= 4 is 23.4 Å². The van der Waals surface area contributed by atoms with Crippen LogP contribution in [0.15, 0.2) is 53.4 Å². The van der Waals surface area contributed by atoms with Crippen LogP contribution in [0.1, 0.15) is 28.2 Å². The minimum Gasteiger partial charge on any atom is -0.320 e. The molecule has 0 atom stereocenters. The molecule has 1 aliphatic rings. The van der Waals surface area contributed by atoms with Gasteiger partial charge in [0, 0.05) is 16.2 Å². The zero-order valence-corrected chi connectivity index (χ0v) is 16.5. The molecule has 0 spiro atoms. The van der Waals surface area contributed by atoms with Crippen LogP contribution in [0.4, 0.5) is 23.2 Å². The number of carbonyl (C=O) groups is 1. The van der Waals surface area contributed by atoms with Crippen molar-refractivity contribution < 1.29 is 22.4 Å². The largest absolute Gasteiger partial charge is 0.398 e. The van der Waals surface area contributed by atoms with E-state index >= 15 is 0 Å². The molecule has 1 heterocycles. The van der Waals surface area contributed by atoms with Crippen LogP contribution in [0.2, 0.25) is 0 Å². The Kier molecular flexibility index (Phi) is 5.55. The monoisotopic (exact) mass is 435 g/mol. The highest BCUT2D eigenvalue weighted by Gasteiger charge is 2.29. The topological polar surface area (TPSA) is 46.9 Å². The van der Waals surface area contributed by atoms with E-state index in [1.165, 1.54) is 18.2 Å². The molecule has 0 aliphatic heterocycles. The summed E-state index contributed by atoms with van der Waals surface area (Å²) < 4.78 is 52.7. The summed E-state index contributed by atoms with van der Waals surface area (Å²) in [7, 11) is 0.